The summed E-state index contributed by atoms with van der Waals surface area (Å²) < 4.78 is 13.3. The summed E-state index contributed by atoms with van der Waals surface area (Å²) in [5.74, 6) is 2.29. The highest BCUT2D eigenvalue weighted by Gasteiger charge is 2.13. The van der Waals surface area contributed by atoms with E-state index >= 15 is 0 Å². The summed E-state index contributed by atoms with van der Waals surface area (Å²) >= 11 is 12.4. The fraction of sp³-hybridized carbons (Fsp3) is 0.136. The third kappa shape index (κ3) is 3.93. The van der Waals surface area contributed by atoms with Gasteiger partial charge in [0.05, 0.1) is 24.7 Å². The molecule has 4 rings (SSSR count). The topological polar surface area (TPSA) is 36.3 Å². The Hall–Kier alpha value is -2.69. The Morgan fingerprint density at radius 1 is 0.929 bits per heavy atom. The molecule has 0 radical (unpaired) electrons. The second-order valence-electron chi connectivity index (χ2n) is 6.31. The number of benzene rings is 3. The van der Waals surface area contributed by atoms with Crippen molar-refractivity contribution in [2.45, 2.75) is 13.2 Å². The lowest BCUT2D eigenvalue weighted by Crippen LogP contribution is -2.09. The molecule has 0 amide bonds. The second kappa shape index (κ2) is 8.13. The first kappa shape index (κ1) is 18.7. The largest absolute Gasteiger partial charge is 0.497 e. The van der Waals surface area contributed by atoms with Crippen LogP contribution in [0.3, 0.4) is 0 Å². The molecule has 28 heavy (non-hydrogen) atoms. The highest BCUT2D eigenvalue weighted by atomic mass is 35.5. The minimum absolute atomic E-state index is 0.326. The van der Waals surface area contributed by atoms with Gasteiger partial charge in [0.15, 0.2) is 0 Å². The number of para-hydroxylation sites is 2. The van der Waals surface area contributed by atoms with Crippen LogP contribution in [0.5, 0.6) is 11.5 Å². The Morgan fingerprint density at radius 3 is 2.57 bits per heavy atom. The Labute approximate surface area is 173 Å². The average Bonchev–Trinajstić information content (AvgIpc) is 3.06. The van der Waals surface area contributed by atoms with E-state index in [1.807, 2.05) is 60.7 Å². The summed E-state index contributed by atoms with van der Waals surface area (Å²) in [6.45, 7) is 0.903. The third-order valence-corrected chi connectivity index (χ3v) is 5.07. The highest BCUT2D eigenvalue weighted by Crippen LogP contribution is 2.26. The van der Waals surface area contributed by atoms with Gasteiger partial charge in [-0.1, -0.05) is 47.5 Å². The molecule has 1 heterocycles. The molecule has 0 saturated heterocycles. The molecule has 0 atom stereocenters. The fourth-order valence-corrected chi connectivity index (χ4v) is 3.54. The van der Waals surface area contributed by atoms with Gasteiger partial charge in [-0.2, -0.15) is 0 Å². The highest BCUT2D eigenvalue weighted by molar-refractivity contribution is 6.35. The maximum atomic E-state index is 6.39. The number of rotatable bonds is 6. The maximum absolute atomic E-state index is 6.39. The minimum atomic E-state index is 0.326. The molecule has 1 aromatic heterocycles. The molecular weight excluding hydrogens is 395 g/mol. The van der Waals surface area contributed by atoms with Crippen LogP contribution in [0, 0.1) is 0 Å². The van der Waals surface area contributed by atoms with Gasteiger partial charge in [-0.25, -0.2) is 4.98 Å². The predicted molar refractivity (Wildman–Crippen MR) is 113 cm³/mol. The number of nitrogens with zero attached hydrogens (tertiary/aromatic N) is 2. The standard InChI is InChI=1S/C22H18Cl2N2O2/c1-27-17-5-4-6-18(12-17)28-14-22-25-20-7-2-3-8-21(20)26(22)13-15-9-10-16(23)11-19(15)24/h2-12H,13-14H2,1H3. The number of fused-ring (bicyclic) bond motifs is 1. The molecular formula is C22H18Cl2N2O2. The molecule has 0 unspecified atom stereocenters. The van der Waals surface area contributed by atoms with Gasteiger partial charge in [0.2, 0.25) is 0 Å². The zero-order valence-electron chi connectivity index (χ0n) is 15.2. The van der Waals surface area contributed by atoms with E-state index < -0.39 is 0 Å². The molecule has 0 aliphatic heterocycles. The van der Waals surface area contributed by atoms with Crippen molar-refractivity contribution < 1.29 is 9.47 Å². The average molecular weight is 413 g/mol. The van der Waals surface area contributed by atoms with E-state index in [9.17, 15) is 0 Å². The lowest BCUT2D eigenvalue weighted by atomic mass is 10.2. The SMILES string of the molecule is COc1cccc(OCc2nc3ccccc3n2Cc2ccc(Cl)cc2Cl)c1. The van der Waals surface area contributed by atoms with Gasteiger partial charge in [-0.3, -0.25) is 0 Å². The van der Waals surface area contributed by atoms with E-state index in [2.05, 4.69) is 4.57 Å². The summed E-state index contributed by atoms with van der Waals surface area (Å²) in [7, 11) is 1.63. The van der Waals surface area contributed by atoms with E-state index in [0.717, 1.165) is 33.9 Å². The van der Waals surface area contributed by atoms with E-state index in [1.165, 1.54) is 0 Å². The van der Waals surface area contributed by atoms with E-state index in [-0.39, 0.29) is 0 Å². The first-order valence-electron chi connectivity index (χ1n) is 8.79. The third-order valence-electron chi connectivity index (χ3n) is 4.49. The monoisotopic (exact) mass is 412 g/mol. The second-order valence-corrected chi connectivity index (χ2v) is 7.15. The van der Waals surface area contributed by atoms with Gasteiger partial charge in [0.1, 0.15) is 23.9 Å². The van der Waals surface area contributed by atoms with Crippen LogP contribution >= 0.6 is 23.2 Å². The van der Waals surface area contributed by atoms with Crippen molar-refractivity contribution >= 4 is 34.2 Å². The summed E-state index contributed by atoms with van der Waals surface area (Å²) in [6.07, 6.45) is 0. The molecule has 0 N–H and O–H groups in total. The molecule has 3 aromatic carbocycles. The van der Waals surface area contributed by atoms with Crippen LogP contribution in [0.4, 0.5) is 0 Å². The number of hydrogen-bond acceptors (Lipinski definition) is 3. The van der Waals surface area contributed by atoms with Crippen molar-refractivity contribution in [3.63, 3.8) is 0 Å². The van der Waals surface area contributed by atoms with E-state index in [0.29, 0.717) is 23.2 Å². The number of hydrogen-bond donors (Lipinski definition) is 0. The number of halogens is 2. The first-order valence-corrected chi connectivity index (χ1v) is 9.54. The molecule has 0 saturated carbocycles. The minimum Gasteiger partial charge on any atom is -0.497 e. The Kier molecular flexibility index (Phi) is 5.42. The Morgan fingerprint density at radius 2 is 1.75 bits per heavy atom. The lowest BCUT2D eigenvalue weighted by molar-refractivity contribution is 0.289. The molecule has 0 bridgehead atoms. The van der Waals surface area contributed by atoms with Crippen LogP contribution in [-0.4, -0.2) is 16.7 Å². The van der Waals surface area contributed by atoms with Crippen molar-refractivity contribution in [1.82, 2.24) is 9.55 Å². The summed E-state index contributed by atoms with van der Waals surface area (Å²) in [5, 5.41) is 1.25. The van der Waals surface area contributed by atoms with Crippen molar-refractivity contribution in [2.24, 2.45) is 0 Å². The molecule has 6 heteroatoms. The number of ether oxygens (including phenoxy) is 2. The van der Waals surface area contributed by atoms with Crippen LogP contribution in [0.2, 0.25) is 10.0 Å². The van der Waals surface area contributed by atoms with Gasteiger partial charge in [-0.05, 0) is 42.0 Å². The smallest absolute Gasteiger partial charge is 0.148 e. The molecule has 4 aromatic rings. The summed E-state index contributed by atoms with van der Waals surface area (Å²) in [4.78, 5) is 4.75. The van der Waals surface area contributed by atoms with Gasteiger partial charge in [-0.15, -0.1) is 0 Å². The maximum Gasteiger partial charge on any atom is 0.148 e. The van der Waals surface area contributed by atoms with Crippen LogP contribution in [0.25, 0.3) is 11.0 Å². The Bertz CT molecular complexity index is 1120. The van der Waals surface area contributed by atoms with Crippen LogP contribution in [0.1, 0.15) is 11.4 Å². The molecule has 0 fully saturated rings. The van der Waals surface area contributed by atoms with E-state index in [4.69, 9.17) is 37.7 Å². The first-order chi connectivity index (χ1) is 13.6. The van der Waals surface area contributed by atoms with Gasteiger partial charge in [0.25, 0.3) is 0 Å². The summed E-state index contributed by atoms with van der Waals surface area (Å²) in [6, 6.07) is 21.1. The number of imidazole rings is 1. The number of aromatic nitrogens is 2. The van der Waals surface area contributed by atoms with Crippen LogP contribution < -0.4 is 9.47 Å². The lowest BCUT2D eigenvalue weighted by Gasteiger charge is -2.12. The normalized spacial score (nSPS) is 11.0. The molecule has 142 valence electrons. The molecule has 0 aliphatic carbocycles. The predicted octanol–water partition coefficient (Wildman–Crippen LogP) is 5.98. The molecule has 4 nitrogen and oxygen atoms in total. The van der Waals surface area contributed by atoms with Crippen molar-refractivity contribution in [3.8, 4) is 11.5 Å². The molecule has 0 aliphatic rings. The van der Waals surface area contributed by atoms with Crippen molar-refractivity contribution in [2.75, 3.05) is 7.11 Å². The van der Waals surface area contributed by atoms with Gasteiger partial charge < -0.3 is 14.0 Å². The quantitative estimate of drug-likeness (QED) is 0.390. The van der Waals surface area contributed by atoms with Gasteiger partial charge in [0, 0.05) is 16.1 Å². The van der Waals surface area contributed by atoms with Crippen molar-refractivity contribution in [3.05, 3.63) is 88.2 Å². The van der Waals surface area contributed by atoms with Crippen molar-refractivity contribution in [1.29, 1.82) is 0 Å². The number of methoxy groups -OCH3 is 1. The zero-order chi connectivity index (χ0) is 19.5. The van der Waals surface area contributed by atoms with Gasteiger partial charge >= 0.3 is 0 Å². The summed E-state index contributed by atoms with van der Waals surface area (Å²) in [5.41, 5.74) is 2.91. The van der Waals surface area contributed by atoms with E-state index in [1.54, 1.807) is 13.2 Å². The Balaban J connectivity index is 1.66. The van der Waals surface area contributed by atoms with Crippen LogP contribution in [0.15, 0.2) is 66.7 Å². The zero-order valence-corrected chi connectivity index (χ0v) is 16.7. The fourth-order valence-electron chi connectivity index (χ4n) is 3.07. The molecule has 0 spiro atoms. The van der Waals surface area contributed by atoms with Crippen LogP contribution in [-0.2, 0) is 13.2 Å².